The normalized spacial score (nSPS) is 11.9. The molecule has 0 saturated heterocycles. The number of ether oxygens (including phenoxy) is 1. The fraction of sp³-hybridized carbons (Fsp3) is 0.273. The van der Waals surface area contributed by atoms with E-state index in [0.717, 1.165) is 0 Å². The molecule has 0 saturated carbocycles. The van der Waals surface area contributed by atoms with Crippen LogP contribution in [0.15, 0.2) is 12.1 Å². The second kappa shape index (κ2) is 4.76. The molecular weight excluding hydrogens is 212 g/mol. The van der Waals surface area contributed by atoms with Crippen molar-refractivity contribution >= 4 is 12.3 Å². The van der Waals surface area contributed by atoms with E-state index in [1.807, 2.05) is 0 Å². The first-order valence-electron chi connectivity index (χ1n) is 4.55. The Labute approximate surface area is 92.3 Å². The highest BCUT2D eigenvalue weighted by atomic mass is 16.5. The fourth-order valence-corrected chi connectivity index (χ4v) is 1.42. The van der Waals surface area contributed by atoms with Gasteiger partial charge < -0.3 is 14.9 Å². The maximum atomic E-state index is 10.8. The van der Waals surface area contributed by atoms with Gasteiger partial charge >= 0.3 is 5.97 Å². The van der Waals surface area contributed by atoms with Gasteiger partial charge in [-0.15, -0.1) is 0 Å². The highest BCUT2D eigenvalue weighted by Gasteiger charge is 2.21. The third kappa shape index (κ3) is 2.20. The van der Waals surface area contributed by atoms with Crippen molar-refractivity contribution in [2.45, 2.75) is 13.0 Å². The smallest absolute Gasteiger partial charge is 0.337 e. The minimum Gasteiger partial charge on any atom is -0.496 e. The quantitative estimate of drug-likeness (QED) is 0.743. The van der Waals surface area contributed by atoms with E-state index in [-0.39, 0.29) is 11.1 Å². The molecule has 0 radical (unpaired) electrons. The SMILES string of the molecule is COc1cc(C(O)C(=O)O)c(C=O)cc1C. The van der Waals surface area contributed by atoms with E-state index in [1.54, 1.807) is 6.92 Å². The van der Waals surface area contributed by atoms with E-state index in [2.05, 4.69) is 0 Å². The van der Waals surface area contributed by atoms with Crippen molar-refractivity contribution in [2.75, 3.05) is 7.11 Å². The number of carbonyl (C=O) groups excluding carboxylic acids is 1. The summed E-state index contributed by atoms with van der Waals surface area (Å²) in [5.74, 6) is -0.977. The number of aliphatic hydroxyl groups is 1. The Hall–Kier alpha value is -1.88. The Morgan fingerprint density at radius 2 is 2.12 bits per heavy atom. The first kappa shape index (κ1) is 12.2. The average Bonchev–Trinajstić information content (AvgIpc) is 2.27. The van der Waals surface area contributed by atoms with Crippen molar-refractivity contribution in [3.8, 4) is 5.75 Å². The fourth-order valence-electron chi connectivity index (χ4n) is 1.42. The zero-order chi connectivity index (χ0) is 12.3. The molecule has 0 aliphatic heterocycles. The van der Waals surface area contributed by atoms with E-state index in [9.17, 15) is 14.7 Å². The largest absolute Gasteiger partial charge is 0.496 e. The Morgan fingerprint density at radius 3 is 2.56 bits per heavy atom. The van der Waals surface area contributed by atoms with Gasteiger partial charge in [-0.3, -0.25) is 4.79 Å². The molecule has 5 heteroatoms. The maximum absolute atomic E-state index is 10.8. The Balaban J connectivity index is 3.35. The molecule has 0 spiro atoms. The maximum Gasteiger partial charge on any atom is 0.337 e. The summed E-state index contributed by atoms with van der Waals surface area (Å²) in [7, 11) is 1.43. The summed E-state index contributed by atoms with van der Waals surface area (Å²) in [5, 5.41) is 18.1. The second-order valence-electron chi connectivity index (χ2n) is 3.31. The molecule has 86 valence electrons. The lowest BCUT2D eigenvalue weighted by molar-refractivity contribution is -0.146. The summed E-state index contributed by atoms with van der Waals surface area (Å²) >= 11 is 0. The molecule has 1 atom stereocenters. The van der Waals surface area contributed by atoms with Gasteiger partial charge in [-0.1, -0.05) is 0 Å². The number of carboxylic acids is 1. The van der Waals surface area contributed by atoms with Crippen LogP contribution >= 0.6 is 0 Å². The topological polar surface area (TPSA) is 83.8 Å². The lowest BCUT2D eigenvalue weighted by atomic mass is 10.00. The standard InChI is InChI=1S/C11H12O5/c1-6-3-7(5-12)8(4-9(6)16-2)10(13)11(14)15/h3-5,10,13H,1-2H3,(H,14,15). The zero-order valence-electron chi connectivity index (χ0n) is 8.93. The van der Waals surface area contributed by atoms with Crippen LogP contribution in [0.5, 0.6) is 5.75 Å². The number of carbonyl (C=O) groups is 2. The summed E-state index contributed by atoms with van der Waals surface area (Å²) in [6, 6.07) is 2.84. The van der Waals surface area contributed by atoms with Crippen molar-refractivity contribution < 1.29 is 24.5 Å². The predicted molar refractivity (Wildman–Crippen MR) is 55.7 cm³/mol. The van der Waals surface area contributed by atoms with Crippen LogP contribution in [0.1, 0.15) is 27.6 Å². The van der Waals surface area contributed by atoms with Crippen LogP contribution < -0.4 is 4.74 Å². The van der Waals surface area contributed by atoms with Crippen LogP contribution in [0, 0.1) is 6.92 Å². The summed E-state index contributed by atoms with van der Waals surface area (Å²) in [4.78, 5) is 21.4. The van der Waals surface area contributed by atoms with Crippen molar-refractivity contribution in [1.29, 1.82) is 0 Å². The minimum atomic E-state index is -1.73. The lowest BCUT2D eigenvalue weighted by Crippen LogP contribution is -2.13. The Bertz CT molecular complexity index is 425. The van der Waals surface area contributed by atoms with E-state index < -0.39 is 12.1 Å². The summed E-state index contributed by atoms with van der Waals surface area (Å²) in [6.45, 7) is 1.72. The molecule has 0 fully saturated rings. The van der Waals surface area contributed by atoms with Gasteiger partial charge in [-0.05, 0) is 24.6 Å². The van der Waals surface area contributed by atoms with Crippen molar-refractivity contribution in [1.82, 2.24) is 0 Å². The van der Waals surface area contributed by atoms with Gasteiger partial charge in [-0.25, -0.2) is 4.79 Å². The van der Waals surface area contributed by atoms with Gasteiger partial charge in [0, 0.05) is 11.1 Å². The van der Waals surface area contributed by atoms with Gasteiger partial charge in [0.05, 0.1) is 7.11 Å². The number of methoxy groups -OCH3 is 1. The molecule has 1 aromatic rings. The number of rotatable bonds is 4. The Kier molecular flexibility index (Phi) is 3.63. The zero-order valence-corrected chi connectivity index (χ0v) is 8.93. The molecule has 0 bridgehead atoms. The number of aryl methyl sites for hydroxylation is 1. The van der Waals surface area contributed by atoms with Crippen molar-refractivity contribution in [2.24, 2.45) is 0 Å². The molecular formula is C11H12O5. The second-order valence-corrected chi connectivity index (χ2v) is 3.31. The van der Waals surface area contributed by atoms with Crippen LogP contribution in [0.4, 0.5) is 0 Å². The van der Waals surface area contributed by atoms with Crippen LogP contribution in [0.25, 0.3) is 0 Å². The predicted octanol–water partition coefficient (Wildman–Crippen LogP) is 0.934. The summed E-state index contributed by atoms with van der Waals surface area (Å²) < 4.78 is 5.00. The van der Waals surface area contributed by atoms with E-state index in [1.165, 1.54) is 19.2 Å². The van der Waals surface area contributed by atoms with Gasteiger partial charge in [-0.2, -0.15) is 0 Å². The number of aliphatic carboxylic acids is 1. The molecule has 5 nitrogen and oxygen atoms in total. The van der Waals surface area contributed by atoms with Crippen LogP contribution in [0.2, 0.25) is 0 Å². The van der Waals surface area contributed by atoms with Gasteiger partial charge in [0.15, 0.2) is 6.10 Å². The molecule has 2 N–H and O–H groups in total. The van der Waals surface area contributed by atoms with Gasteiger partial charge in [0.25, 0.3) is 0 Å². The van der Waals surface area contributed by atoms with Crippen LogP contribution in [-0.4, -0.2) is 29.6 Å². The molecule has 0 heterocycles. The third-order valence-corrected chi connectivity index (χ3v) is 2.26. The van der Waals surface area contributed by atoms with Crippen molar-refractivity contribution in [3.05, 3.63) is 28.8 Å². The summed E-state index contributed by atoms with van der Waals surface area (Å²) in [6.07, 6.45) is -1.22. The minimum absolute atomic E-state index is 0.0324. The molecule has 0 aliphatic carbocycles. The molecule has 1 unspecified atom stereocenters. The average molecular weight is 224 g/mol. The first-order chi connectivity index (χ1) is 7.51. The summed E-state index contributed by atoms with van der Waals surface area (Å²) in [5.41, 5.74) is 0.879. The van der Waals surface area contributed by atoms with Crippen LogP contribution in [0.3, 0.4) is 0 Å². The van der Waals surface area contributed by atoms with Crippen molar-refractivity contribution in [3.63, 3.8) is 0 Å². The number of aliphatic hydroxyl groups excluding tert-OH is 1. The monoisotopic (exact) mass is 224 g/mol. The molecule has 0 aliphatic rings. The highest BCUT2D eigenvalue weighted by Crippen LogP contribution is 2.26. The number of carboxylic acid groups (broad SMARTS) is 1. The molecule has 1 rings (SSSR count). The number of hydrogen-bond donors (Lipinski definition) is 2. The third-order valence-electron chi connectivity index (χ3n) is 2.26. The van der Waals surface area contributed by atoms with Gasteiger partial charge in [0.1, 0.15) is 12.0 Å². The highest BCUT2D eigenvalue weighted by molar-refractivity contribution is 5.83. The first-order valence-corrected chi connectivity index (χ1v) is 4.55. The molecule has 0 amide bonds. The van der Waals surface area contributed by atoms with Crippen LogP contribution in [-0.2, 0) is 4.79 Å². The van der Waals surface area contributed by atoms with E-state index in [4.69, 9.17) is 9.84 Å². The van der Waals surface area contributed by atoms with E-state index >= 15 is 0 Å². The number of benzene rings is 1. The lowest BCUT2D eigenvalue weighted by Gasteiger charge is -2.12. The number of hydrogen-bond acceptors (Lipinski definition) is 4. The Morgan fingerprint density at radius 1 is 1.50 bits per heavy atom. The van der Waals surface area contributed by atoms with E-state index in [0.29, 0.717) is 17.6 Å². The number of aldehydes is 1. The van der Waals surface area contributed by atoms with Gasteiger partial charge in [0.2, 0.25) is 0 Å². The molecule has 0 aromatic heterocycles. The molecule has 1 aromatic carbocycles. The molecule has 16 heavy (non-hydrogen) atoms.